The number of nitrogens with one attached hydrogen (secondary N) is 1. The molecule has 0 aliphatic carbocycles. The van der Waals surface area contributed by atoms with Crippen LogP contribution in [0.25, 0.3) is 0 Å². The molecule has 0 fully saturated rings. The molecule has 0 saturated carbocycles. The van der Waals surface area contributed by atoms with Crippen molar-refractivity contribution in [2.45, 2.75) is 33.2 Å². The Bertz CT molecular complexity index is 594. The average molecular weight is 282 g/mol. The van der Waals surface area contributed by atoms with Gasteiger partial charge < -0.3 is 9.88 Å². The highest BCUT2D eigenvalue weighted by molar-refractivity contribution is 5.46. The highest BCUT2D eigenvalue weighted by Gasteiger charge is 2.16. The number of imidazole rings is 1. The third kappa shape index (κ3) is 4.96. The lowest BCUT2D eigenvalue weighted by Crippen LogP contribution is -2.22. The van der Waals surface area contributed by atoms with E-state index >= 15 is 0 Å². The van der Waals surface area contributed by atoms with E-state index in [4.69, 9.17) is 5.26 Å². The maximum atomic E-state index is 8.70. The van der Waals surface area contributed by atoms with Gasteiger partial charge in [-0.05, 0) is 29.5 Å². The SMILES string of the molecule is CC(C)(CCC#N)CNc1cccc(Cn2ccnc2)c1. The minimum Gasteiger partial charge on any atom is -0.385 e. The molecule has 1 aromatic heterocycles. The molecule has 0 aliphatic heterocycles. The average Bonchev–Trinajstić information content (AvgIpc) is 2.97. The molecule has 4 nitrogen and oxygen atoms in total. The van der Waals surface area contributed by atoms with Crippen LogP contribution in [0.2, 0.25) is 0 Å². The van der Waals surface area contributed by atoms with Crippen molar-refractivity contribution in [2.24, 2.45) is 5.41 Å². The van der Waals surface area contributed by atoms with Crippen LogP contribution < -0.4 is 5.32 Å². The van der Waals surface area contributed by atoms with Crippen LogP contribution in [0, 0.1) is 16.7 Å². The van der Waals surface area contributed by atoms with Crippen molar-refractivity contribution in [3.63, 3.8) is 0 Å². The number of nitriles is 1. The molecule has 0 atom stereocenters. The second-order valence-electron chi connectivity index (χ2n) is 6.11. The molecule has 1 N–H and O–H groups in total. The topological polar surface area (TPSA) is 53.6 Å². The summed E-state index contributed by atoms with van der Waals surface area (Å²) in [6.07, 6.45) is 7.09. The van der Waals surface area contributed by atoms with Crippen LogP contribution in [0.15, 0.2) is 43.0 Å². The van der Waals surface area contributed by atoms with E-state index in [1.54, 1.807) is 6.20 Å². The van der Waals surface area contributed by atoms with Crippen LogP contribution in [0.1, 0.15) is 32.3 Å². The van der Waals surface area contributed by atoms with Gasteiger partial charge in [-0.1, -0.05) is 26.0 Å². The Balaban J connectivity index is 1.93. The first-order valence-electron chi connectivity index (χ1n) is 7.25. The van der Waals surface area contributed by atoms with E-state index in [1.165, 1.54) is 5.56 Å². The molecular formula is C17H22N4. The second kappa shape index (κ2) is 6.94. The Hall–Kier alpha value is -2.28. The summed E-state index contributed by atoms with van der Waals surface area (Å²) in [7, 11) is 0. The maximum absolute atomic E-state index is 8.70. The Morgan fingerprint density at radius 3 is 2.95 bits per heavy atom. The zero-order valence-corrected chi connectivity index (χ0v) is 12.7. The summed E-state index contributed by atoms with van der Waals surface area (Å²) in [6.45, 7) is 6.07. The number of benzene rings is 1. The van der Waals surface area contributed by atoms with Crippen LogP contribution in [-0.4, -0.2) is 16.1 Å². The molecule has 0 saturated heterocycles. The lowest BCUT2D eigenvalue weighted by atomic mass is 9.88. The van der Waals surface area contributed by atoms with Gasteiger partial charge >= 0.3 is 0 Å². The molecular weight excluding hydrogens is 260 g/mol. The quantitative estimate of drug-likeness (QED) is 0.843. The fourth-order valence-corrected chi connectivity index (χ4v) is 2.19. The monoisotopic (exact) mass is 282 g/mol. The number of rotatable bonds is 7. The molecule has 0 spiro atoms. The van der Waals surface area contributed by atoms with Gasteiger partial charge in [-0.15, -0.1) is 0 Å². The summed E-state index contributed by atoms with van der Waals surface area (Å²) in [4.78, 5) is 4.06. The maximum Gasteiger partial charge on any atom is 0.0949 e. The molecule has 1 heterocycles. The molecule has 110 valence electrons. The molecule has 0 radical (unpaired) electrons. The Morgan fingerprint density at radius 1 is 1.38 bits per heavy atom. The Kier molecular flexibility index (Phi) is 4.99. The van der Waals surface area contributed by atoms with Crippen molar-refractivity contribution < 1.29 is 0 Å². The Morgan fingerprint density at radius 2 is 2.24 bits per heavy atom. The first-order valence-corrected chi connectivity index (χ1v) is 7.25. The lowest BCUT2D eigenvalue weighted by Gasteiger charge is -2.24. The van der Waals surface area contributed by atoms with Crippen LogP contribution in [-0.2, 0) is 6.54 Å². The van der Waals surface area contributed by atoms with Crippen molar-refractivity contribution in [2.75, 3.05) is 11.9 Å². The molecule has 2 rings (SSSR count). The fourth-order valence-electron chi connectivity index (χ4n) is 2.19. The molecule has 21 heavy (non-hydrogen) atoms. The fraction of sp³-hybridized carbons (Fsp3) is 0.412. The van der Waals surface area contributed by atoms with E-state index in [-0.39, 0.29) is 5.41 Å². The first-order chi connectivity index (χ1) is 10.1. The zero-order chi connectivity index (χ0) is 15.1. The van der Waals surface area contributed by atoms with E-state index in [2.05, 4.69) is 59.1 Å². The van der Waals surface area contributed by atoms with Crippen molar-refractivity contribution in [3.05, 3.63) is 48.5 Å². The van der Waals surface area contributed by atoms with Crippen LogP contribution in [0.5, 0.6) is 0 Å². The predicted octanol–water partition coefficient (Wildman–Crippen LogP) is 3.67. The smallest absolute Gasteiger partial charge is 0.0949 e. The van der Waals surface area contributed by atoms with Crippen molar-refractivity contribution in [1.82, 2.24) is 9.55 Å². The summed E-state index contributed by atoms with van der Waals surface area (Å²) in [5, 5.41) is 12.2. The van der Waals surface area contributed by atoms with Gasteiger partial charge in [-0.25, -0.2) is 4.98 Å². The first kappa shape index (κ1) is 15.1. The standard InChI is InChI=1S/C17H22N4/c1-17(2,7-4-8-18)13-20-16-6-3-5-15(11-16)12-21-10-9-19-14-21/h3,5-6,9-11,14,20H,4,7,12-13H2,1-2H3. The normalized spacial score (nSPS) is 11.1. The summed E-state index contributed by atoms with van der Waals surface area (Å²) in [5.41, 5.74) is 2.49. The van der Waals surface area contributed by atoms with Crippen LogP contribution >= 0.6 is 0 Å². The van der Waals surface area contributed by atoms with Crippen LogP contribution in [0.4, 0.5) is 5.69 Å². The van der Waals surface area contributed by atoms with E-state index in [0.717, 1.165) is 25.2 Å². The third-order valence-corrected chi connectivity index (χ3v) is 3.54. The minimum atomic E-state index is 0.121. The molecule has 0 unspecified atom stereocenters. The van der Waals surface area contributed by atoms with E-state index in [9.17, 15) is 0 Å². The Labute approximate surface area is 126 Å². The summed E-state index contributed by atoms with van der Waals surface area (Å²) >= 11 is 0. The number of anilines is 1. The van der Waals surface area contributed by atoms with E-state index < -0.39 is 0 Å². The second-order valence-corrected chi connectivity index (χ2v) is 6.11. The van der Waals surface area contributed by atoms with Crippen molar-refractivity contribution >= 4 is 5.69 Å². The predicted molar refractivity (Wildman–Crippen MR) is 84.9 cm³/mol. The lowest BCUT2D eigenvalue weighted by molar-refractivity contribution is 0.364. The number of nitrogens with zero attached hydrogens (tertiary/aromatic N) is 3. The summed E-state index contributed by atoms with van der Waals surface area (Å²) in [5.74, 6) is 0. The van der Waals surface area contributed by atoms with Crippen LogP contribution in [0.3, 0.4) is 0 Å². The van der Waals surface area contributed by atoms with Gasteiger partial charge in [0.15, 0.2) is 0 Å². The number of hydrogen-bond donors (Lipinski definition) is 1. The summed E-state index contributed by atoms with van der Waals surface area (Å²) < 4.78 is 2.05. The highest BCUT2D eigenvalue weighted by Crippen LogP contribution is 2.23. The van der Waals surface area contributed by atoms with Gasteiger partial charge in [0.1, 0.15) is 0 Å². The zero-order valence-electron chi connectivity index (χ0n) is 12.7. The molecule has 0 aliphatic rings. The van der Waals surface area contributed by atoms with Gasteiger partial charge in [0, 0.05) is 37.6 Å². The number of aromatic nitrogens is 2. The minimum absolute atomic E-state index is 0.121. The molecule has 0 bridgehead atoms. The largest absolute Gasteiger partial charge is 0.385 e. The van der Waals surface area contributed by atoms with Crippen molar-refractivity contribution in [3.8, 4) is 6.07 Å². The van der Waals surface area contributed by atoms with Gasteiger partial charge in [-0.3, -0.25) is 0 Å². The van der Waals surface area contributed by atoms with Gasteiger partial charge in [0.25, 0.3) is 0 Å². The molecule has 1 aromatic carbocycles. The van der Waals surface area contributed by atoms with E-state index in [0.29, 0.717) is 6.42 Å². The van der Waals surface area contributed by atoms with E-state index in [1.807, 2.05) is 12.5 Å². The van der Waals surface area contributed by atoms with Crippen molar-refractivity contribution in [1.29, 1.82) is 5.26 Å². The van der Waals surface area contributed by atoms with Gasteiger partial charge in [0.2, 0.25) is 0 Å². The van der Waals surface area contributed by atoms with Gasteiger partial charge in [0.05, 0.1) is 12.4 Å². The highest BCUT2D eigenvalue weighted by atomic mass is 15.0. The third-order valence-electron chi connectivity index (χ3n) is 3.54. The number of hydrogen-bond acceptors (Lipinski definition) is 3. The summed E-state index contributed by atoms with van der Waals surface area (Å²) in [6, 6.07) is 10.7. The molecule has 4 heteroatoms. The molecule has 2 aromatic rings. The van der Waals surface area contributed by atoms with Gasteiger partial charge in [-0.2, -0.15) is 5.26 Å². The molecule has 0 amide bonds.